The highest BCUT2D eigenvalue weighted by Gasteiger charge is 2.14. The second kappa shape index (κ2) is 5.13. The van der Waals surface area contributed by atoms with Crippen LogP contribution in [0.4, 0.5) is 0 Å². The first kappa shape index (κ1) is 11.8. The minimum absolute atomic E-state index is 0.421. The molecule has 2 nitrogen and oxygen atoms in total. The van der Waals surface area contributed by atoms with Crippen LogP contribution in [0.3, 0.4) is 0 Å². The number of hydrogen-bond donors (Lipinski definition) is 1. The van der Waals surface area contributed by atoms with Crippen LogP contribution in [0.2, 0.25) is 0 Å². The van der Waals surface area contributed by atoms with Crippen molar-refractivity contribution in [2.24, 2.45) is 0 Å². The second-order valence-electron chi connectivity index (χ2n) is 4.31. The third kappa shape index (κ3) is 2.73. The maximum absolute atomic E-state index is 9.09. The first-order chi connectivity index (χ1) is 8.20. The van der Waals surface area contributed by atoms with Gasteiger partial charge in [0.05, 0.1) is 0 Å². The van der Waals surface area contributed by atoms with Crippen LogP contribution in [0.15, 0.2) is 48.5 Å². The highest BCUT2D eigenvalue weighted by atomic mass is 17.1. The molecule has 88 valence electrons. The fourth-order valence-electron chi connectivity index (χ4n) is 1.89. The number of benzene rings is 2. The quantitative estimate of drug-likeness (QED) is 0.638. The molecule has 0 aliphatic carbocycles. The van der Waals surface area contributed by atoms with Crippen LogP contribution >= 0.6 is 0 Å². The Bertz CT molecular complexity index is 489. The lowest BCUT2D eigenvalue weighted by Crippen LogP contribution is -2.04. The molecule has 0 saturated heterocycles. The van der Waals surface area contributed by atoms with Crippen LogP contribution in [0, 0.1) is 13.8 Å². The molecule has 0 saturated carbocycles. The zero-order valence-corrected chi connectivity index (χ0v) is 10.1. The lowest BCUT2D eigenvalue weighted by atomic mass is 9.99. The van der Waals surface area contributed by atoms with Gasteiger partial charge in [-0.05, 0) is 25.0 Å². The number of rotatable bonds is 3. The minimum Gasteiger partial charge on any atom is -0.251 e. The summed E-state index contributed by atoms with van der Waals surface area (Å²) in [6, 6.07) is 15.9. The first-order valence-corrected chi connectivity index (χ1v) is 5.64. The average Bonchev–Trinajstić information content (AvgIpc) is 2.33. The van der Waals surface area contributed by atoms with Crippen molar-refractivity contribution in [3.8, 4) is 0 Å². The maximum atomic E-state index is 9.09. The predicted molar refractivity (Wildman–Crippen MR) is 67.9 cm³/mol. The SMILES string of the molecule is Cc1ccc(C(OO)c2cccc(C)c2)cc1. The van der Waals surface area contributed by atoms with Gasteiger partial charge < -0.3 is 0 Å². The normalized spacial score (nSPS) is 12.4. The van der Waals surface area contributed by atoms with Crippen molar-refractivity contribution in [2.45, 2.75) is 20.0 Å². The van der Waals surface area contributed by atoms with Crippen molar-refractivity contribution < 1.29 is 10.1 Å². The second-order valence-corrected chi connectivity index (χ2v) is 4.31. The largest absolute Gasteiger partial charge is 0.251 e. The van der Waals surface area contributed by atoms with Crippen molar-refractivity contribution in [3.63, 3.8) is 0 Å². The number of aryl methyl sites for hydroxylation is 2. The van der Waals surface area contributed by atoms with Crippen LogP contribution in [0.25, 0.3) is 0 Å². The summed E-state index contributed by atoms with van der Waals surface area (Å²) in [6.45, 7) is 4.05. The molecular formula is C15H16O2. The van der Waals surface area contributed by atoms with E-state index in [2.05, 4.69) is 4.89 Å². The van der Waals surface area contributed by atoms with Gasteiger partial charge in [0, 0.05) is 0 Å². The molecule has 1 unspecified atom stereocenters. The van der Waals surface area contributed by atoms with E-state index in [4.69, 9.17) is 5.26 Å². The summed E-state index contributed by atoms with van der Waals surface area (Å²) in [6.07, 6.45) is -0.421. The Labute approximate surface area is 101 Å². The Morgan fingerprint density at radius 2 is 1.59 bits per heavy atom. The molecular weight excluding hydrogens is 212 g/mol. The van der Waals surface area contributed by atoms with Gasteiger partial charge in [0.25, 0.3) is 0 Å². The maximum Gasteiger partial charge on any atom is 0.143 e. The van der Waals surface area contributed by atoms with E-state index in [0.717, 1.165) is 16.7 Å². The van der Waals surface area contributed by atoms with E-state index < -0.39 is 6.10 Å². The van der Waals surface area contributed by atoms with Crippen molar-refractivity contribution in [3.05, 3.63) is 70.8 Å². The summed E-state index contributed by atoms with van der Waals surface area (Å²) in [5, 5.41) is 9.09. The zero-order chi connectivity index (χ0) is 12.3. The molecule has 0 aliphatic heterocycles. The molecule has 2 heteroatoms. The van der Waals surface area contributed by atoms with E-state index in [-0.39, 0.29) is 0 Å². The summed E-state index contributed by atoms with van der Waals surface area (Å²) in [7, 11) is 0. The van der Waals surface area contributed by atoms with Crippen molar-refractivity contribution in [1.82, 2.24) is 0 Å². The molecule has 2 aromatic carbocycles. The smallest absolute Gasteiger partial charge is 0.143 e. The molecule has 17 heavy (non-hydrogen) atoms. The Kier molecular flexibility index (Phi) is 3.57. The molecule has 2 aromatic rings. The Hall–Kier alpha value is -1.64. The molecule has 0 fully saturated rings. The number of hydrogen-bond acceptors (Lipinski definition) is 2. The van der Waals surface area contributed by atoms with E-state index in [1.807, 2.05) is 62.4 Å². The fourth-order valence-corrected chi connectivity index (χ4v) is 1.89. The molecule has 0 amide bonds. The lowest BCUT2D eigenvalue weighted by molar-refractivity contribution is -0.270. The van der Waals surface area contributed by atoms with Gasteiger partial charge >= 0.3 is 0 Å². The Morgan fingerprint density at radius 1 is 0.882 bits per heavy atom. The summed E-state index contributed by atoms with van der Waals surface area (Å²) in [5.41, 5.74) is 4.24. The van der Waals surface area contributed by atoms with Gasteiger partial charge in [-0.2, -0.15) is 0 Å². The lowest BCUT2D eigenvalue weighted by Gasteiger charge is -2.15. The molecule has 0 heterocycles. The van der Waals surface area contributed by atoms with E-state index in [0.29, 0.717) is 0 Å². The van der Waals surface area contributed by atoms with Gasteiger partial charge in [0.1, 0.15) is 6.10 Å². The predicted octanol–water partition coefficient (Wildman–Crippen LogP) is 3.88. The summed E-state index contributed by atoms with van der Waals surface area (Å²) in [4.78, 5) is 4.62. The Balaban J connectivity index is 2.36. The Morgan fingerprint density at radius 3 is 2.18 bits per heavy atom. The van der Waals surface area contributed by atoms with E-state index in [1.165, 1.54) is 5.56 Å². The monoisotopic (exact) mass is 228 g/mol. The molecule has 0 aliphatic rings. The highest BCUT2D eigenvalue weighted by molar-refractivity contribution is 5.33. The summed E-state index contributed by atoms with van der Waals surface area (Å²) >= 11 is 0. The highest BCUT2D eigenvalue weighted by Crippen LogP contribution is 2.25. The van der Waals surface area contributed by atoms with E-state index >= 15 is 0 Å². The van der Waals surface area contributed by atoms with Gasteiger partial charge in [-0.15, -0.1) is 0 Å². The van der Waals surface area contributed by atoms with E-state index in [1.54, 1.807) is 0 Å². The van der Waals surface area contributed by atoms with Crippen LogP contribution in [-0.2, 0) is 4.89 Å². The van der Waals surface area contributed by atoms with Crippen molar-refractivity contribution in [1.29, 1.82) is 0 Å². The van der Waals surface area contributed by atoms with Crippen molar-refractivity contribution in [2.75, 3.05) is 0 Å². The van der Waals surface area contributed by atoms with Crippen LogP contribution in [0.1, 0.15) is 28.4 Å². The summed E-state index contributed by atoms with van der Waals surface area (Å²) in [5.74, 6) is 0. The molecule has 0 bridgehead atoms. The molecule has 1 atom stereocenters. The topological polar surface area (TPSA) is 29.5 Å². The van der Waals surface area contributed by atoms with Gasteiger partial charge in [-0.3, -0.25) is 5.26 Å². The molecule has 0 spiro atoms. The first-order valence-electron chi connectivity index (χ1n) is 5.64. The standard InChI is InChI=1S/C15H16O2/c1-11-6-8-13(9-7-11)15(17-16)14-5-3-4-12(2)10-14/h3-10,15-16H,1-2H3. The van der Waals surface area contributed by atoms with Gasteiger partial charge in [0.2, 0.25) is 0 Å². The third-order valence-electron chi connectivity index (χ3n) is 2.83. The fraction of sp³-hybridized carbons (Fsp3) is 0.200. The van der Waals surface area contributed by atoms with Crippen LogP contribution in [-0.4, -0.2) is 5.26 Å². The molecule has 0 aromatic heterocycles. The van der Waals surface area contributed by atoms with E-state index in [9.17, 15) is 0 Å². The zero-order valence-electron chi connectivity index (χ0n) is 10.1. The van der Waals surface area contributed by atoms with Crippen LogP contribution < -0.4 is 0 Å². The molecule has 0 radical (unpaired) electrons. The molecule has 1 N–H and O–H groups in total. The van der Waals surface area contributed by atoms with Crippen molar-refractivity contribution >= 4 is 0 Å². The minimum atomic E-state index is -0.421. The third-order valence-corrected chi connectivity index (χ3v) is 2.83. The van der Waals surface area contributed by atoms with Gasteiger partial charge in [-0.25, -0.2) is 4.89 Å². The van der Waals surface area contributed by atoms with Crippen LogP contribution in [0.5, 0.6) is 0 Å². The van der Waals surface area contributed by atoms with Gasteiger partial charge in [0.15, 0.2) is 0 Å². The average molecular weight is 228 g/mol. The summed E-state index contributed by atoms with van der Waals surface area (Å²) < 4.78 is 0. The molecule has 2 rings (SSSR count). The van der Waals surface area contributed by atoms with Gasteiger partial charge in [-0.1, -0.05) is 59.7 Å².